The van der Waals surface area contributed by atoms with Gasteiger partial charge in [0.25, 0.3) is 5.91 Å². The van der Waals surface area contributed by atoms with Gasteiger partial charge < -0.3 is 10.2 Å². The fourth-order valence-electron chi connectivity index (χ4n) is 4.38. The molecular weight excluding hydrogens is 362 g/mol. The van der Waals surface area contributed by atoms with Crippen molar-refractivity contribution in [1.82, 2.24) is 19.8 Å². The van der Waals surface area contributed by atoms with Crippen LogP contribution in [0.1, 0.15) is 60.6 Å². The maximum atomic E-state index is 12.6. The van der Waals surface area contributed by atoms with E-state index in [9.17, 15) is 4.79 Å². The van der Waals surface area contributed by atoms with Gasteiger partial charge in [-0.1, -0.05) is 43.2 Å². The minimum absolute atomic E-state index is 0.00854. The van der Waals surface area contributed by atoms with Crippen molar-refractivity contribution in [2.45, 2.75) is 44.6 Å². The molecule has 1 N–H and O–H groups in total. The number of nitrogens with zero attached hydrogens (tertiary/aromatic N) is 4. The highest BCUT2D eigenvalue weighted by molar-refractivity contribution is 5.92. The lowest BCUT2D eigenvalue weighted by molar-refractivity contribution is 0.0786. The Morgan fingerprint density at radius 3 is 2.34 bits per heavy atom. The van der Waals surface area contributed by atoms with Crippen LogP contribution in [0.3, 0.4) is 0 Å². The Labute approximate surface area is 173 Å². The zero-order chi connectivity index (χ0) is 19.9. The fourth-order valence-corrected chi connectivity index (χ4v) is 4.38. The Morgan fingerprint density at radius 2 is 1.62 bits per heavy atom. The first-order chi connectivity index (χ1) is 14.3. The maximum Gasteiger partial charge on any atom is 0.274 e. The SMILES string of the molecule is O=C(c1cncc(NC[C@@H](c2ccccc2)N2CCCCCC2)n1)N1CCCC1. The van der Waals surface area contributed by atoms with Crippen LogP contribution in [0.5, 0.6) is 0 Å². The number of likely N-dealkylation sites (tertiary alicyclic amines) is 2. The molecule has 0 spiro atoms. The highest BCUT2D eigenvalue weighted by Gasteiger charge is 2.23. The number of nitrogens with one attached hydrogen (secondary N) is 1. The monoisotopic (exact) mass is 393 g/mol. The van der Waals surface area contributed by atoms with Gasteiger partial charge in [0.15, 0.2) is 0 Å². The molecule has 2 fully saturated rings. The molecule has 154 valence electrons. The van der Waals surface area contributed by atoms with Crippen molar-refractivity contribution in [3.8, 4) is 0 Å². The summed E-state index contributed by atoms with van der Waals surface area (Å²) in [5.41, 5.74) is 1.75. The van der Waals surface area contributed by atoms with Crippen molar-refractivity contribution < 1.29 is 4.79 Å². The van der Waals surface area contributed by atoms with Crippen LogP contribution in [-0.2, 0) is 0 Å². The molecular formula is C23H31N5O. The Bertz CT molecular complexity index is 783. The van der Waals surface area contributed by atoms with Gasteiger partial charge >= 0.3 is 0 Å². The smallest absolute Gasteiger partial charge is 0.274 e. The first-order valence-electron chi connectivity index (χ1n) is 11.0. The van der Waals surface area contributed by atoms with E-state index in [2.05, 4.69) is 50.5 Å². The molecule has 29 heavy (non-hydrogen) atoms. The number of hydrogen-bond acceptors (Lipinski definition) is 5. The molecule has 1 atom stereocenters. The van der Waals surface area contributed by atoms with E-state index >= 15 is 0 Å². The second-order valence-electron chi connectivity index (χ2n) is 8.05. The molecule has 2 aliphatic heterocycles. The Kier molecular flexibility index (Phi) is 6.72. The molecule has 0 aliphatic carbocycles. The van der Waals surface area contributed by atoms with Crippen molar-refractivity contribution in [3.63, 3.8) is 0 Å². The number of aromatic nitrogens is 2. The number of rotatable bonds is 6. The summed E-state index contributed by atoms with van der Waals surface area (Å²) in [5, 5.41) is 3.46. The lowest BCUT2D eigenvalue weighted by atomic mass is 10.0. The standard InChI is InChI=1S/C23H31N5O/c29-23(28-14-8-9-15-28)20-16-24-18-22(26-20)25-17-21(19-10-4-3-5-11-19)27-12-6-1-2-7-13-27/h3-5,10-11,16,18,21H,1-2,6-9,12-15,17H2,(H,25,26)/t21-/m0/s1. The van der Waals surface area contributed by atoms with Gasteiger partial charge in [-0.05, 0) is 44.3 Å². The lowest BCUT2D eigenvalue weighted by Gasteiger charge is -2.31. The first kappa shape index (κ1) is 19.8. The summed E-state index contributed by atoms with van der Waals surface area (Å²) in [6.07, 6.45) is 10.6. The van der Waals surface area contributed by atoms with Crippen LogP contribution in [0, 0.1) is 0 Å². The zero-order valence-electron chi connectivity index (χ0n) is 17.1. The number of hydrogen-bond donors (Lipinski definition) is 1. The summed E-state index contributed by atoms with van der Waals surface area (Å²) in [6.45, 7) is 4.65. The minimum Gasteiger partial charge on any atom is -0.367 e. The molecule has 4 rings (SSSR count). The summed E-state index contributed by atoms with van der Waals surface area (Å²) in [6, 6.07) is 11.0. The molecule has 1 aromatic carbocycles. The molecule has 3 heterocycles. The summed E-state index contributed by atoms with van der Waals surface area (Å²) >= 11 is 0. The van der Waals surface area contributed by atoms with Gasteiger partial charge in [0.1, 0.15) is 11.5 Å². The van der Waals surface area contributed by atoms with Crippen molar-refractivity contribution in [2.75, 3.05) is 38.0 Å². The highest BCUT2D eigenvalue weighted by atomic mass is 16.2. The molecule has 0 bridgehead atoms. The van der Waals surface area contributed by atoms with Crippen LogP contribution in [-0.4, -0.2) is 58.4 Å². The normalized spacial score (nSPS) is 19.0. The van der Waals surface area contributed by atoms with Crippen molar-refractivity contribution in [1.29, 1.82) is 0 Å². The molecule has 0 unspecified atom stereocenters. The predicted molar refractivity (Wildman–Crippen MR) is 115 cm³/mol. The average Bonchev–Trinajstić information content (AvgIpc) is 3.18. The maximum absolute atomic E-state index is 12.6. The molecule has 0 saturated carbocycles. The van der Waals surface area contributed by atoms with Gasteiger partial charge in [-0.15, -0.1) is 0 Å². The van der Waals surface area contributed by atoms with E-state index in [1.54, 1.807) is 12.4 Å². The molecule has 1 aromatic heterocycles. The van der Waals surface area contributed by atoms with E-state index in [1.807, 2.05) is 4.90 Å². The van der Waals surface area contributed by atoms with Gasteiger partial charge in [0, 0.05) is 19.6 Å². The Hall–Kier alpha value is -2.47. The Balaban J connectivity index is 1.47. The summed E-state index contributed by atoms with van der Waals surface area (Å²) < 4.78 is 0. The molecule has 2 aromatic rings. The van der Waals surface area contributed by atoms with Crippen LogP contribution in [0.2, 0.25) is 0 Å². The van der Waals surface area contributed by atoms with E-state index in [4.69, 9.17) is 0 Å². The largest absolute Gasteiger partial charge is 0.367 e. The number of carbonyl (C=O) groups is 1. The highest BCUT2D eigenvalue weighted by Crippen LogP contribution is 2.24. The quantitative estimate of drug-likeness (QED) is 0.810. The van der Waals surface area contributed by atoms with E-state index in [-0.39, 0.29) is 11.9 Å². The second-order valence-corrected chi connectivity index (χ2v) is 8.05. The molecule has 0 radical (unpaired) electrons. The molecule has 1 amide bonds. The van der Waals surface area contributed by atoms with Gasteiger partial charge in [-0.3, -0.25) is 14.7 Å². The van der Waals surface area contributed by atoms with Crippen LogP contribution >= 0.6 is 0 Å². The van der Waals surface area contributed by atoms with E-state index in [1.165, 1.54) is 31.2 Å². The van der Waals surface area contributed by atoms with Crippen molar-refractivity contribution >= 4 is 11.7 Å². The van der Waals surface area contributed by atoms with Crippen LogP contribution < -0.4 is 5.32 Å². The minimum atomic E-state index is -0.00854. The average molecular weight is 394 g/mol. The second kappa shape index (κ2) is 9.83. The number of anilines is 1. The lowest BCUT2D eigenvalue weighted by Crippen LogP contribution is -2.34. The van der Waals surface area contributed by atoms with E-state index in [0.717, 1.165) is 45.6 Å². The topological polar surface area (TPSA) is 61.4 Å². The summed E-state index contributed by atoms with van der Waals surface area (Å²) in [5.74, 6) is 0.663. The van der Waals surface area contributed by atoms with Crippen molar-refractivity contribution in [2.24, 2.45) is 0 Å². The third kappa shape index (κ3) is 5.12. The van der Waals surface area contributed by atoms with Crippen molar-refractivity contribution in [3.05, 3.63) is 54.0 Å². The van der Waals surface area contributed by atoms with Crippen LogP contribution in [0.4, 0.5) is 5.82 Å². The summed E-state index contributed by atoms with van der Waals surface area (Å²) in [4.78, 5) is 25.9. The number of amides is 1. The number of benzene rings is 1. The van der Waals surface area contributed by atoms with Crippen LogP contribution in [0.15, 0.2) is 42.7 Å². The van der Waals surface area contributed by atoms with Gasteiger partial charge in [-0.2, -0.15) is 0 Å². The first-order valence-corrected chi connectivity index (χ1v) is 11.0. The molecule has 2 aliphatic rings. The molecule has 6 heteroatoms. The van der Waals surface area contributed by atoms with E-state index in [0.29, 0.717) is 11.5 Å². The fraction of sp³-hybridized carbons (Fsp3) is 0.522. The summed E-state index contributed by atoms with van der Waals surface area (Å²) in [7, 11) is 0. The van der Waals surface area contributed by atoms with Gasteiger partial charge in [0.2, 0.25) is 0 Å². The van der Waals surface area contributed by atoms with Gasteiger partial charge in [-0.25, -0.2) is 4.98 Å². The molecule has 6 nitrogen and oxygen atoms in total. The predicted octanol–water partition coefficient (Wildman–Crippen LogP) is 3.74. The molecule has 2 saturated heterocycles. The Morgan fingerprint density at radius 1 is 0.931 bits per heavy atom. The third-order valence-corrected chi connectivity index (χ3v) is 5.99. The zero-order valence-corrected chi connectivity index (χ0v) is 17.1. The third-order valence-electron chi connectivity index (χ3n) is 5.99. The number of carbonyl (C=O) groups excluding carboxylic acids is 1. The van der Waals surface area contributed by atoms with E-state index < -0.39 is 0 Å². The van der Waals surface area contributed by atoms with Gasteiger partial charge in [0.05, 0.1) is 18.4 Å². The van der Waals surface area contributed by atoms with Crippen LogP contribution in [0.25, 0.3) is 0 Å².